The van der Waals surface area contributed by atoms with Gasteiger partial charge in [-0.25, -0.2) is 0 Å². The van der Waals surface area contributed by atoms with Crippen LogP contribution in [0.5, 0.6) is 0 Å². The summed E-state index contributed by atoms with van der Waals surface area (Å²) in [6.45, 7) is 1.96. The third-order valence-corrected chi connectivity index (χ3v) is 2.11. The predicted octanol–water partition coefficient (Wildman–Crippen LogP) is 2.54. The average Bonchev–Trinajstić information content (AvgIpc) is 1.61. The van der Waals surface area contributed by atoms with Crippen molar-refractivity contribution in [2.45, 2.75) is 12.3 Å². The fourth-order valence-corrected chi connectivity index (χ4v) is 1.16. The maximum Gasteiger partial charge on any atom is 0.0680 e. The molecule has 0 aromatic heterocycles. The van der Waals surface area contributed by atoms with Gasteiger partial charge in [-0.2, -0.15) is 0 Å². The molecule has 0 aliphatic carbocycles. The Balaban J connectivity index is 2.68. The van der Waals surface area contributed by atoms with Crippen molar-refractivity contribution in [3.63, 3.8) is 0 Å². The lowest BCUT2D eigenvalue weighted by Gasteiger charge is -1.95. The second kappa shape index (κ2) is 5.07. The van der Waals surface area contributed by atoms with Gasteiger partial charge in [0.2, 0.25) is 0 Å². The van der Waals surface area contributed by atoms with Crippen LogP contribution in [0.4, 0.5) is 0 Å². The van der Waals surface area contributed by atoms with Gasteiger partial charge in [-0.05, 0) is 6.92 Å². The average molecular weight is 159 g/mol. The smallest absolute Gasteiger partial charge is 0.0680 e. The molecule has 0 rings (SSSR count). The van der Waals surface area contributed by atoms with Crippen LogP contribution in [0.15, 0.2) is 0 Å². The number of hydrogen-bond donors (Lipinski definition) is 0. The second-order valence-electron chi connectivity index (χ2n) is 1.26. The van der Waals surface area contributed by atoms with Gasteiger partial charge < -0.3 is 0 Å². The number of thioether (sulfide) groups is 1. The lowest BCUT2D eigenvalue weighted by molar-refractivity contribution is 1.12. The third kappa shape index (κ3) is 6.93. The molecule has 1 unspecified atom stereocenters. The van der Waals surface area contributed by atoms with E-state index >= 15 is 0 Å². The highest BCUT2D eigenvalue weighted by molar-refractivity contribution is 8.00. The molecule has 0 amide bonds. The van der Waals surface area contributed by atoms with Crippen LogP contribution in [-0.4, -0.2) is 16.3 Å². The van der Waals surface area contributed by atoms with E-state index in [1.165, 1.54) is 0 Å². The molecule has 0 aromatic carbocycles. The highest BCUT2D eigenvalue weighted by Crippen LogP contribution is 2.07. The minimum Gasteiger partial charge on any atom is -0.144 e. The summed E-state index contributed by atoms with van der Waals surface area (Å²) in [5.41, 5.74) is 0. The Bertz CT molecular complexity index is 38.7. The van der Waals surface area contributed by atoms with Crippen LogP contribution in [0.1, 0.15) is 6.92 Å². The lowest BCUT2D eigenvalue weighted by atomic mass is 10.6. The Kier molecular flexibility index (Phi) is 5.75. The zero-order chi connectivity index (χ0) is 5.70. The van der Waals surface area contributed by atoms with Gasteiger partial charge in [-0.1, -0.05) is 0 Å². The maximum absolute atomic E-state index is 5.58. The van der Waals surface area contributed by atoms with Crippen molar-refractivity contribution in [2.24, 2.45) is 0 Å². The first-order valence-electron chi connectivity index (χ1n) is 2.05. The first kappa shape index (κ1) is 7.93. The van der Waals surface area contributed by atoms with E-state index in [4.69, 9.17) is 23.2 Å². The van der Waals surface area contributed by atoms with E-state index in [1.54, 1.807) is 11.8 Å². The van der Waals surface area contributed by atoms with E-state index in [9.17, 15) is 0 Å². The van der Waals surface area contributed by atoms with Gasteiger partial charge in [0.1, 0.15) is 0 Å². The van der Waals surface area contributed by atoms with Gasteiger partial charge in [0.05, 0.1) is 5.21 Å². The Morgan fingerprint density at radius 1 is 1.71 bits per heavy atom. The van der Waals surface area contributed by atoms with Crippen LogP contribution in [0.2, 0.25) is 0 Å². The van der Waals surface area contributed by atoms with Crippen molar-refractivity contribution in [3.05, 3.63) is 0 Å². The predicted molar refractivity (Wildman–Crippen MR) is 38.5 cm³/mol. The molecule has 7 heavy (non-hydrogen) atoms. The summed E-state index contributed by atoms with van der Waals surface area (Å²) >= 11 is 12.6. The molecular formula is C4H8Cl2S. The Morgan fingerprint density at radius 2 is 2.29 bits per heavy atom. The first-order valence-corrected chi connectivity index (χ1v) is 4.17. The van der Waals surface area contributed by atoms with Crippen molar-refractivity contribution < 1.29 is 0 Å². The first-order chi connectivity index (χ1) is 3.27. The summed E-state index contributed by atoms with van der Waals surface area (Å²) in [5, 5.41) is 0.903. The highest BCUT2D eigenvalue weighted by atomic mass is 35.5. The van der Waals surface area contributed by atoms with E-state index in [0.29, 0.717) is 5.21 Å². The zero-order valence-corrected chi connectivity index (χ0v) is 6.48. The van der Waals surface area contributed by atoms with Crippen LogP contribution >= 0.6 is 35.0 Å². The monoisotopic (exact) mass is 158 g/mol. The Hall–Kier alpha value is 0.930. The van der Waals surface area contributed by atoms with Crippen LogP contribution in [0.3, 0.4) is 0 Å². The fourth-order valence-electron chi connectivity index (χ4n) is 0.207. The van der Waals surface area contributed by atoms with E-state index < -0.39 is 0 Å². The van der Waals surface area contributed by atoms with Gasteiger partial charge in [0.15, 0.2) is 0 Å². The normalized spacial score (nSPS) is 14.1. The van der Waals surface area contributed by atoms with Crippen LogP contribution < -0.4 is 0 Å². The van der Waals surface area contributed by atoms with Crippen LogP contribution in [0.25, 0.3) is 0 Å². The lowest BCUT2D eigenvalue weighted by Crippen LogP contribution is -1.92. The largest absolute Gasteiger partial charge is 0.144 e. The molecular weight excluding hydrogens is 151 g/mol. The number of alkyl halides is 2. The number of halogens is 2. The van der Waals surface area contributed by atoms with Gasteiger partial charge in [0.25, 0.3) is 0 Å². The molecule has 0 heterocycles. The minimum absolute atomic E-state index is 0.253. The second-order valence-corrected chi connectivity index (χ2v) is 3.62. The molecule has 0 nitrogen and oxygen atoms in total. The zero-order valence-electron chi connectivity index (χ0n) is 4.16. The number of rotatable bonds is 3. The van der Waals surface area contributed by atoms with Crippen LogP contribution in [0, 0.1) is 0 Å². The molecule has 0 aliphatic rings. The molecule has 0 saturated heterocycles. The van der Waals surface area contributed by atoms with E-state index in [0.717, 1.165) is 5.75 Å². The summed E-state index contributed by atoms with van der Waals surface area (Å²) < 4.78 is 0. The topological polar surface area (TPSA) is 0 Å². The fraction of sp³-hybridized carbons (Fsp3) is 1.00. The molecule has 44 valence electrons. The molecule has 0 radical (unpaired) electrons. The molecule has 1 atom stereocenters. The molecule has 3 heteroatoms. The standard InChI is InChI=1S/C4H8Cl2S/c1-4(6)2-7-3-5/h4H,2-3H2,1H3. The molecule has 0 saturated carbocycles. The Labute approximate surface area is 58.6 Å². The summed E-state index contributed by atoms with van der Waals surface area (Å²) in [4.78, 5) is 0. The highest BCUT2D eigenvalue weighted by Gasteiger charge is 1.92. The molecule has 0 spiro atoms. The SMILES string of the molecule is CC(Cl)CSCCl. The molecule has 0 N–H and O–H groups in total. The summed E-state index contributed by atoms with van der Waals surface area (Å²) in [5.74, 6) is 0.949. The van der Waals surface area contributed by atoms with Crippen molar-refractivity contribution in [1.82, 2.24) is 0 Å². The van der Waals surface area contributed by atoms with Crippen LogP contribution in [-0.2, 0) is 0 Å². The minimum atomic E-state index is 0.253. The van der Waals surface area contributed by atoms with E-state index in [1.807, 2.05) is 6.92 Å². The third-order valence-electron chi connectivity index (χ3n) is 0.425. The van der Waals surface area contributed by atoms with Gasteiger partial charge in [0, 0.05) is 11.1 Å². The molecule has 0 aliphatic heterocycles. The van der Waals surface area contributed by atoms with E-state index in [2.05, 4.69) is 0 Å². The summed E-state index contributed by atoms with van der Waals surface area (Å²) in [7, 11) is 0. The number of hydrogen-bond acceptors (Lipinski definition) is 1. The van der Waals surface area contributed by atoms with Crippen molar-refractivity contribution in [3.8, 4) is 0 Å². The quantitative estimate of drug-likeness (QED) is 0.570. The molecule has 0 aromatic rings. The van der Waals surface area contributed by atoms with E-state index in [-0.39, 0.29) is 5.38 Å². The van der Waals surface area contributed by atoms with Crippen molar-refractivity contribution in [1.29, 1.82) is 0 Å². The van der Waals surface area contributed by atoms with Gasteiger partial charge in [-0.15, -0.1) is 35.0 Å². The summed E-state index contributed by atoms with van der Waals surface area (Å²) in [6, 6.07) is 0. The Morgan fingerprint density at radius 3 is 2.43 bits per heavy atom. The van der Waals surface area contributed by atoms with Crippen molar-refractivity contribution >= 4 is 35.0 Å². The maximum atomic E-state index is 5.58. The van der Waals surface area contributed by atoms with Crippen molar-refractivity contribution in [2.75, 3.05) is 11.0 Å². The molecule has 0 bridgehead atoms. The van der Waals surface area contributed by atoms with Gasteiger partial charge in [-0.3, -0.25) is 0 Å². The summed E-state index contributed by atoms with van der Waals surface area (Å²) in [6.07, 6.45) is 0. The molecule has 0 fully saturated rings. The van der Waals surface area contributed by atoms with Gasteiger partial charge >= 0.3 is 0 Å².